The Kier molecular flexibility index (Phi) is 3.85. The molecule has 1 heterocycles. The molecule has 0 aliphatic carbocycles. The topological polar surface area (TPSA) is 85.4 Å². The number of aromatic hydroxyl groups is 1. The Morgan fingerprint density at radius 2 is 1.87 bits per heavy atom. The van der Waals surface area contributed by atoms with Gasteiger partial charge in [-0.1, -0.05) is 24.3 Å². The van der Waals surface area contributed by atoms with Gasteiger partial charge in [-0.3, -0.25) is 9.78 Å². The number of carbonyl (C=O) groups is 1. The summed E-state index contributed by atoms with van der Waals surface area (Å²) in [7, 11) is 0. The number of rotatable bonds is 4. The first kappa shape index (κ1) is 14.8. The van der Waals surface area contributed by atoms with Crippen molar-refractivity contribution in [3.8, 4) is 22.6 Å². The summed E-state index contributed by atoms with van der Waals surface area (Å²) in [6.45, 7) is 1.69. The first-order valence-electron chi connectivity index (χ1n) is 7.16. The molecule has 0 spiro atoms. The van der Waals surface area contributed by atoms with E-state index in [0.717, 1.165) is 16.8 Å². The molecule has 0 aliphatic rings. The minimum Gasteiger partial charge on any atom is -0.507 e. The van der Waals surface area contributed by atoms with Gasteiger partial charge in [-0.25, -0.2) is 0 Å². The molecular formula is C18H16N2O3. The Bertz CT molecular complexity index is 873. The van der Waals surface area contributed by atoms with Crippen molar-refractivity contribution in [2.45, 2.75) is 6.92 Å². The smallest absolute Gasteiger partial charge is 0.255 e. The zero-order chi connectivity index (χ0) is 16.4. The van der Waals surface area contributed by atoms with Crippen LogP contribution >= 0.6 is 0 Å². The third kappa shape index (κ3) is 2.94. The van der Waals surface area contributed by atoms with Crippen molar-refractivity contribution in [2.24, 2.45) is 5.73 Å². The molecule has 0 saturated heterocycles. The molecule has 0 unspecified atom stereocenters. The Morgan fingerprint density at radius 1 is 1.17 bits per heavy atom. The second kappa shape index (κ2) is 5.96. The van der Waals surface area contributed by atoms with E-state index in [1.165, 1.54) is 0 Å². The molecule has 3 aromatic rings. The highest BCUT2D eigenvalue weighted by atomic mass is 16.5. The third-order valence-corrected chi connectivity index (χ3v) is 3.57. The fraction of sp³-hybridized carbons (Fsp3) is 0.111. The molecule has 3 N–H and O–H groups in total. The van der Waals surface area contributed by atoms with Crippen LogP contribution in [0.25, 0.3) is 22.0 Å². The minimum absolute atomic E-state index is 0.166. The predicted octanol–water partition coefficient (Wildman–Crippen LogP) is 2.78. The second-order valence-electron chi connectivity index (χ2n) is 5.22. The Hall–Kier alpha value is -3.08. The lowest BCUT2D eigenvalue weighted by atomic mass is 10.0. The molecule has 0 bridgehead atoms. The normalized spacial score (nSPS) is 10.7. The van der Waals surface area contributed by atoms with E-state index in [-0.39, 0.29) is 12.4 Å². The molecule has 1 aromatic heterocycles. The number of hydrogen-bond donors (Lipinski definition) is 2. The number of primary amides is 1. The second-order valence-corrected chi connectivity index (χ2v) is 5.22. The number of carbonyl (C=O) groups excluding carboxylic acids is 1. The highest BCUT2D eigenvalue weighted by Crippen LogP contribution is 2.37. The van der Waals surface area contributed by atoms with Crippen LogP contribution in [-0.2, 0) is 4.79 Å². The van der Waals surface area contributed by atoms with Gasteiger partial charge in [-0.15, -0.1) is 0 Å². The lowest BCUT2D eigenvalue weighted by Crippen LogP contribution is -2.19. The maximum Gasteiger partial charge on any atom is 0.255 e. The van der Waals surface area contributed by atoms with Crippen molar-refractivity contribution in [2.75, 3.05) is 6.61 Å². The number of aromatic nitrogens is 1. The van der Waals surface area contributed by atoms with Crippen molar-refractivity contribution in [1.29, 1.82) is 0 Å². The monoisotopic (exact) mass is 308 g/mol. The Balaban J connectivity index is 2.01. The van der Waals surface area contributed by atoms with Crippen LogP contribution in [0.3, 0.4) is 0 Å². The quantitative estimate of drug-likeness (QED) is 0.776. The summed E-state index contributed by atoms with van der Waals surface area (Å²) in [5.41, 5.74) is 8.06. The number of aryl methyl sites for hydroxylation is 1. The number of para-hydroxylation sites is 1. The molecule has 3 rings (SSSR count). The molecule has 23 heavy (non-hydrogen) atoms. The van der Waals surface area contributed by atoms with Gasteiger partial charge in [0.2, 0.25) is 0 Å². The van der Waals surface area contributed by atoms with Crippen LogP contribution in [0.5, 0.6) is 11.5 Å². The summed E-state index contributed by atoms with van der Waals surface area (Å²) in [5.74, 6) is 0.221. The molecule has 116 valence electrons. The zero-order valence-electron chi connectivity index (χ0n) is 12.6. The van der Waals surface area contributed by atoms with Gasteiger partial charge in [0.05, 0.1) is 5.52 Å². The maximum absolute atomic E-state index is 10.7. The number of nitrogens with zero attached hydrogens (tertiary/aromatic N) is 1. The molecule has 0 atom stereocenters. The van der Waals surface area contributed by atoms with Crippen LogP contribution in [0.15, 0.2) is 48.5 Å². The molecule has 0 saturated carbocycles. The lowest BCUT2D eigenvalue weighted by Gasteiger charge is -2.12. The van der Waals surface area contributed by atoms with E-state index in [0.29, 0.717) is 16.7 Å². The summed E-state index contributed by atoms with van der Waals surface area (Å²) < 4.78 is 5.24. The number of fused-ring (bicyclic) bond motifs is 1. The third-order valence-electron chi connectivity index (χ3n) is 3.57. The molecule has 5 heteroatoms. The fourth-order valence-electron chi connectivity index (χ4n) is 2.53. The van der Waals surface area contributed by atoms with Crippen molar-refractivity contribution in [3.63, 3.8) is 0 Å². The van der Waals surface area contributed by atoms with Crippen molar-refractivity contribution in [1.82, 2.24) is 4.98 Å². The molecule has 0 radical (unpaired) electrons. The van der Waals surface area contributed by atoms with Gasteiger partial charge in [-0.2, -0.15) is 0 Å². The molecule has 0 aliphatic heterocycles. The van der Waals surface area contributed by atoms with Crippen LogP contribution in [0.4, 0.5) is 0 Å². The number of pyridine rings is 1. The van der Waals surface area contributed by atoms with E-state index < -0.39 is 5.91 Å². The summed E-state index contributed by atoms with van der Waals surface area (Å²) in [4.78, 5) is 15.3. The largest absolute Gasteiger partial charge is 0.507 e. The van der Waals surface area contributed by atoms with E-state index in [1.807, 2.05) is 43.3 Å². The standard InChI is InChI=1S/C18H16N2O3/c1-11-17(18(22)14-4-2-3-5-15(14)20-11)12-6-8-13(9-7-12)23-10-16(19)21/h2-9H,10H2,1H3,(H2,19,21)(H,20,22). The van der Waals surface area contributed by atoms with E-state index in [2.05, 4.69) is 4.98 Å². The van der Waals surface area contributed by atoms with Crippen molar-refractivity contribution in [3.05, 3.63) is 54.2 Å². The molecule has 2 aromatic carbocycles. The van der Waals surface area contributed by atoms with Gasteiger partial charge in [-0.05, 0) is 36.8 Å². The fourth-order valence-corrected chi connectivity index (χ4v) is 2.53. The van der Waals surface area contributed by atoms with Crippen LogP contribution < -0.4 is 10.5 Å². The van der Waals surface area contributed by atoms with Crippen LogP contribution in [0, 0.1) is 6.92 Å². The number of ether oxygens (including phenoxy) is 1. The van der Waals surface area contributed by atoms with Crippen LogP contribution in [-0.4, -0.2) is 22.6 Å². The average Bonchev–Trinajstić information content (AvgIpc) is 2.54. The highest BCUT2D eigenvalue weighted by Gasteiger charge is 2.13. The molecule has 0 fully saturated rings. The number of benzene rings is 2. The van der Waals surface area contributed by atoms with Crippen LogP contribution in [0.1, 0.15) is 5.69 Å². The van der Waals surface area contributed by atoms with Crippen molar-refractivity contribution < 1.29 is 14.6 Å². The SMILES string of the molecule is Cc1nc2ccccc2c(O)c1-c1ccc(OCC(N)=O)cc1. The summed E-state index contributed by atoms with van der Waals surface area (Å²) in [6, 6.07) is 14.5. The van der Waals surface area contributed by atoms with E-state index in [1.54, 1.807) is 12.1 Å². The minimum atomic E-state index is -0.527. The molecular weight excluding hydrogens is 292 g/mol. The van der Waals surface area contributed by atoms with Gasteiger partial charge in [0.15, 0.2) is 6.61 Å². The van der Waals surface area contributed by atoms with E-state index in [9.17, 15) is 9.90 Å². The van der Waals surface area contributed by atoms with Crippen LogP contribution in [0.2, 0.25) is 0 Å². The summed E-state index contributed by atoms with van der Waals surface area (Å²) in [5, 5.41) is 11.3. The summed E-state index contributed by atoms with van der Waals surface area (Å²) >= 11 is 0. The summed E-state index contributed by atoms with van der Waals surface area (Å²) in [6.07, 6.45) is 0. The van der Waals surface area contributed by atoms with Gasteiger partial charge in [0, 0.05) is 16.6 Å². The van der Waals surface area contributed by atoms with E-state index >= 15 is 0 Å². The Labute approximate surface area is 133 Å². The molecule has 5 nitrogen and oxygen atoms in total. The first-order chi connectivity index (χ1) is 11.1. The maximum atomic E-state index is 10.7. The number of nitrogens with two attached hydrogens (primary N) is 1. The van der Waals surface area contributed by atoms with Gasteiger partial charge in [0.25, 0.3) is 5.91 Å². The van der Waals surface area contributed by atoms with Gasteiger partial charge in [0.1, 0.15) is 11.5 Å². The highest BCUT2D eigenvalue weighted by molar-refractivity contribution is 5.93. The molecule has 1 amide bonds. The van der Waals surface area contributed by atoms with Gasteiger partial charge >= 0.3 is 0 Å². The van der Waals surface area contributed by atoms with Crippen molar-refractivity contribution >= 4 is 16.8 Å². The van der Waals surface area contributed by atoms with E-state index in [4.69, 9.17) is 10.5 Å². The van der Waals surface area contributed by atoms with Gasteiger partial charge < -0.3 is 15.6 Å². The number of amides is 1. The predicted molar refractivity (Wildman–Crippen MR) is 88.3 cm³/mol. The average molecular weight is 308 g/mol. The first-order valence-corrected chi connectivity index (χ1v) is 7.16. The number of hydrogen-bond acceptors (Lipinski definition) is 4. The lowest BCUT2D eigenvalue weighted by molar-refractivity contribution is -0.119. The Morgan fingerprint density at radius 3 is 2.57 bits per heavy atom. The zero-order valence-corrected chi connectivity index (χ0v) is 12.6.